The van der Waals surface area contributed by atoms with Crippen molar-refractivity contribution in [3.8, 4) is 0 Å². The van der Waals surface area contributed by atoms with Gasteiger partial charge in [-0.25, -0.2) is 4.79 Å². The minimum Gasteiger partial charge on any atom is -0.462 e. The average molecular weight is 198 g/mol. The molecular formula is C12H22O2. The first-order valence-corrected chi connectivity index (χ1v) is 5.05. The summed E-state index contributed by atoms with van der Waals surface area (Å²) in [6.45, 7) is 14.3. The first-order chi connectivity index (χ1) is 6.22. The van der Waals surface area contributed by atoms with Crippen molar-refractivity contribution < 1.29 is 9.53 Å². The van der Waals surface area contributed by atoms with Crippen molar-refractivity contribution in [2.45, 2.75) is 41.0 Å². The molecule has 0 aliphatic carbocycles. The third kappa shape index (κ3) is 6.70. The van der Waals surface area contributed by atoms with Crippen molar-refractivity contribution in [1.29, 1.82) is 0 Å². The van der Waals surface area contributed by atoms with Crippen LogP contribution in [0.2, 0.25) is 0 Å². The highest BCUT2D eigenvalue weighted by Gasteiger charge is 2.16. The number of esters is 1. The van der Waals surface area contributed by atoms with Gasteiger partial charge in [0.1, 0.15) is 0 Å². The quantitative estimate of drug-likeness (QED) is 0.512. The molecule has 0 fully saturated rings. The molecule has 0 aromatic carbocycles. The minimum atomic E-state index is -0.286. The van der Waals surface area contributed by atoms with E-state index in [0.29, 0.717) is 18.1 Å². The predicted octanol–water partition coefficient (Wildman–Crippen LogP) is 3.18. The first-order valence-electron chi connectivity index (χ1n) is 5.05. The van der Waals surface area contributed by atoms with Gasteiger partial charge < -0.3 is 4.74 Å². The van der Waals surface area contributed by atoms with Crippen LogP contribution in [-0.2, 0) is 9.53 Å². The van der Waals surface area contributed by atoms with E-state index in [4.69, 9.17) is 4.74 Å². The van der Waals surface area contributed by atoms with Crippen molar-refractivity contribution >= 4 is 5.97 Å². The van der Waals surface area contributed by atoms with Crippen LogP contribution in [0.15, 0.2) is 12.2 Å². The van der Waals surface area contributed by atoms with Crippen LogP contribution >= 0.6 is 0 Å². The maximum atomic E-state index is 11.1. The third-order valence-corrected chi connectivity index (χ3v) is 1.81. The van der Waals surface area contributed by atoms with E-state index in [1.54, 1.807) is 6.92 Å². The highest BCUT2D eigenvalue weighted by molar-refractivity contribution is 5.86. The zero-order chi connectivity index (χ0) is 11.4. The maximum Gasteiger partial charge on any atom is 0.333 e. The van der Waals surface area contributed by atoms with E-state index >= 15 is 0 Å². The summed E-state index contributed by atoms with van der Waals surface area (Å²) in [5.74, 6) is 0.115. The Balaban J connectivity index is 3.80. The molecule has 2 heteroatoms. The van der Waals surface area contributed by atoms with Crippen molar-refractivity contribution in [2.75, 3.05) is 6.61 Å². The molecule has 0 amide bonds. The molecule has 0 aliphatic rings. The third-order valence-electron chi connectivity index (χ3n) is 1.81. The molecule has 0 aromatic rings. The van der Waals surface area contributed by atoms with E-state index in [1.807, 2.05) is 0 Å². The summed E-state index contributed by atoms with van der Waals surface area (Å²) in [5, 5.41) is 0. The second kappa shape index (κ2) is 5.18. The molecule has 0 saturated carbocycles. The Kier molecular flexibility index (Phi) is 4.89. The van der Waals surface area contributed by atoms with Gasteiger partial charge in [0.15, 0.2) is 0 Å². The summed E-state index contributed by atoms with van der Waals surface area (Å²) < 4.78 is 5.07. The van der Waals surface area contributed by atoms with Crippen LogP contribution in [-0.4, -0.2) is 12.6 Å². The molecule has 82 valence electrons. The Hall–Kier alpha value is -0.790. The summed E-state index contributed by atoms with van der Waals surface area (Å²) in [6.07, 6.45) is 1.05. The minimum absolute atomic E-state index is 0.286. The number of ether oxygens (including phenoxy) is 1. The molecule has 2 nitrogen and oxygen atoms in total. The lowest BCUT2D eigenvalue weighted by Gasteiger charge is -2.22. The van der Waals surface area contributed by atoms with Gasteiger partial charge in [0, 0.05) is 5.57 Å². The summed E-state index contributed by atoms with van der Waals surface area (Å²) in [7, 11) is 0. The fourth-order valence-electron chi connectivity index (χ4n) is 1.45. The Bertz CT molecular complexity index is 211. The van der Waals surface area contributed by atoms with E-state index in [9.17, 15) is 4.79 Å². The molecule has 0 bridgehead atoms. The van der Waals surface area contributed by atoms with E-state index in [1.165, 1.54) is 0 Å². The number of hydrogen-bond acceptors (Lipinski definition) is 2. The molecular weight excluding hydrogens is 176 g/mol. The van der Waals surface area contributed by atoms with Gasteiger partial charge in [-0.05, 0) is 24.7 Å². The van der Waals surface area contributed by atoms with Crippen LogP contribution in [0.25, 0.3) is 0 Å². The molecule has 0 heterocycles. The Morgan fingerprint density at radius 1 is 1.43 bits per heavy atom. The molecule has 0 N–H and O–H groups in total. The second-order valence-corrected chi connectivity index (χ2v) is 5.25. The van der Waals surface area contributed by atoms with Gasteiger partial charge in [-0.15, -0.1) is 0 Å². The molecule has 0 radical (unpaired) electrons. The summed E-state index contributed by atoms with van der Waals surface area (Å²) >= 11 is 0. The normalized spacial score (nSPS) is 13.5. The van der Waals surface area contributed by atoms with Crippen LogP contribution in [0, 0.1) is 11.3 Å². The van der Waals surface area contributed by atoms with E-state index in [0.717, 1.165) is 6.42 Å². The zero-order valence-electron chi connectivity index (χ0n) is 10.0. The van der Waals surface area contributed by atoms with Crippen molar-refractivity contribution in [3.05, 3.63) is 12.2 Å². The van der Waals surface area contributed by atoms with Gasteiger partial charge in [0.2, 0.25) is 0 Å². The van der Waals surface area contributed by atoms with Gasteiger partial charge in [0.25, 0.3) is 0 Å². The number of carbonyl (C=O) groups is 1. The van der Waals surface area contributed by atoms with Gasteiger partial charge in [-0.3, -0.25) is 0 Å². The topological polar surface area (TPSA) is 26.3 Å². The zero-order valence-corrected chi connectivity index (χ0v) is 10.0. The van der Waals surface area contributed by atoms with E-state index in [2.05, 4.69) is 34.3 Å². The van der Waals surface area contributed by atoms with Gasteiger partial charge >= 0.3 is 5.97 Å². The highest BCUT2D eigenvalue weighted by atomic mass is 16.5. The first kappa shape index (κ1) is 13.2. The molecule has 0 spiro atoms. The molecule has 14 heavy (non-hydrogen) atoms. The van der Waals surface area contributed by atoms with Crippen molar-refractivity contribution in [1.82, 2.24) is 0 Å². The lowest BCUT2D eigenvalue weighted by molar-refractivity contribution is -0.140. The largest absolute Gasteiger partial charge is 0.462 e. The number of rotatable bonds is 4. The van der Waals surface area contributed by atoms with Crippen molar-refractivity contribution in [3.63, 3.8) is 0 Å². The Morgan fingerprint density at radius 3 is 2.29 bits per heavy atom. The Morgan fingerprint density at radius 2 is 1.93 bits per heavy atom. The van der Waals surface area contributed by atoms with Gasteiger partial charge in [0.05, 0.1) is 6.61 Å². The molecule has 1 unspecified atom stereocenters. The van der Waals surface area contributed by atoms with Crippen molar-refractivity contribution in [2.24, 2.45) is 11.3 Å². The Labute approximate surface area is 87.3 Å². The van der Waals surface area contributed by atoms with E-state index < -0.39 is 0 Å². The van der Waals surface area contributed by atoms with Gasteiger partial charge in [-0.1, -0.05) is 34.3 Å². The monoisotopic (exact) mass is 198 g/mol. The van der Waals surface area contributed by atoms with Crippen LogP contribution in [0.5, 0.6) is 0 Å². The number of carbonyl (C=O) groups excluding carboxylic acids is 1. The second-order valence-electron chi connectivity index (χ2n) is 5.25. The fourth-order valence-corrected chi connectivity index (χ4v) is 1.45. The molecule has 0 rings (SSSR count). The van der Waals surface area contributed by atoms with Crippen LogP contribution < -0.4 is 0 Å². The maximum absolute atomic E-state index is 11.1. The smallest absolute Gasteiger partial charge is 0.333 e. The lowest BCUT2D eigenvalue weighted by Crippen LogP contribution is -2.17. The van der Waals surface area contributed by atoms with Gasteiger partial charge in [-0.2, -0.15) is 0 Å². The van der Waals surface area contributed by atoms with Crippen LogP contribution in [0.3, 0.4) is 0 Å². The molecule has 0 aromatic heterocycles. The van der Waals surface area contributed by atoms with Crippen LogP contribution in [0.1, 0.15) is 41.0 Å². The SMILES string of the molecule is C=C(C)C(=O)OCC(C)CC(C)(C)C. The predicted molar refractivity (Wildman–Crippen MR) is 59.0 cm³/mol. The molecule has 1 atom stereocenters. The highest BCUT2D eigenvalue weighted by Crippen LogP contribution is 2.24. The molecule has 0 saturated heterocycles. The van der Waals surface area contributed by atoms with E-state index in [-0.39, 0.29) is 11.4 Å². The standard InChI is InChI=1S/C12H22O2/c1-9(2)11(13)14-8-10(3)7-12(4,5)6/h10H,1,7-8H2,2-6H3. The number of hydrogen-bond donors (Lipinski definition) is 0. The summed E-state index contributed by atoms with van der Waals surface area (Å²) in [4.78, 5) is 11.1. The summed E-state index contributed by atoms with van der Waals surface area (Å²) in [5.41, 5.74) is 0.752. The lowest BCUT2D eigenvalue weighted by atomic mass is 9.86. The summed E-state index contributed by atoms with van der Waals surface area (Å²) in [6, 6.07) is 0. The average Bonchev–Trinajstić information content (AvgIpc) is 1.96. The fraction of sp³-hybridized carbons (Fsp3) is 0.750. The van der Waals surface area contributed by atoms with Crippen LogP contribution in [0.4, 0.5) is 0 Å². The molecule has 0 aliphatic heterocycles.